The Bertz CT molecular complexity index is 329. The minimum atomic E-state index is -0.383. The van der Waals surface area contributed by atoms with Crippen LogP contribution in [0.1, 0.15) is 31.4 Å². The van der Waals surface area contributed by atoms with Crippen molar-refractivity contribution in [2.45, 2.75) is 25.9 Å². The number of piperidine rings is 1. The summed E-state index contributed by atoms with van der Waals surface area (Å²) in [4.78, 5) is 0. The van der Waals surface area contributed by atoms with Crippen molar-refractivity contribution in [3.8, 4) is 0 Å². The average Bonchev–Trinajstić information content (AvgIpc) is 2.38. The predicted molar refractivity (Wildman–Crippen MR) is 71.2 cm³/mol. The molecule has 1 aliphatic rings. The van der Waals surface area contributed by atoms with E-state index in [4.69, 9.17) is 0 Å². The second-order valence-electron chi connectivity index (χ2n) is 4.89. The highest BCUT2D eigenvalue weighted by atomic mass is 16.3. The van der Waals surface area contributed by atoms with Crippen LogP contribution in [-0.2, 0) is 0 Å². The highest BCUT2D eigenvalue weighted by molar-refractivity contribution is 5.44. The highest BCUT2D eigenvalue weighted by Gasteiger charge is 2.12. The minimum absolute atomic E-state index is 0.383. The van der Waals surface area contributed by atoms with Gasteiger partial charge in [0.15, 0.2) is 0 Å². The number of hydrogen-bond acceptors (Lipinski definition) is 3. The van der Waals surface area contributed by atoms with Crippen molar-refractivity contribution in [1.29, 1.82) is 0 Å². The zero-order valence-electron chi connectivity index (χ0n) is 10.4. The number of nitrogens with one attached hydrogen (secondary N) is 2. The molecule has 94 valence electrons. The largest absolute Gasteiger partial charge is 0.389 e. The number of aliphatic hydroxyl groups excluding tert-OH is 1. The number of aliphatic hydroxyl groups is 1. The third-order valence-electron chi connectivity index (χ3n) is 3.39. The van der Waals surface area contributed by atoms with E-state index in [2.05, 4.69) is 10.6 Å². The van der Waals surface area contributed by atoms with Crippen molar-refractivity contribution < 1.29 is 5.11 Å². The molecule has 0 aliphatic carbocycles. The lowest BCUT2D eigenvalue weighted by molar-refractivity contribution is 0.199. The van der Waals surface area contributed by atoms with E-state index in [1.807, 2.05) is 24.3 Å². The Labute approximate surface area is 103 Å². The fraction of sp³-hybridized carbons (Fsp3) is 0.571. The van der Waals surface area contributed by atoms with E-state index in [0.29, 0.717) is 0 Å². The van der Waals surface area contributed by atoms with Gasteiger partial charge in [0.1, 0.15) is 0 Å². The lowest BCUT2D eigenvalue weighted by Gasteiger charge is -2.23. The third kappa shape index (κ3) is 3.72. The molecule has 0 amide bonds. The van der Waals surface area contributed by atoms with Gasteiger partial charge < -0.3 is 15.7 Å². The molecule has 2 unspecified atom stereocenters. The first-order chi connectivity index (χ1) is 8.25. The van der Waals surface area contributed by atoms with Gasteiger partial charge in [0.2, 0.25) is 0 Å². The van der Waals surface area contributed by atoms with E-state index in [0.717, 1.165) is 30.3 Å². The number of benzene rings is 1. The van der Waals surface area contributed by atoms with Gasteiger partial charge in [-0.25, -0.2) is 0 Å². The van der Waals surface area contributed by atoms with Gasteiger partial charge >= 0.3 is 0 Å². The first-order valence-corrected chi connectivity index (χ1v) is 6.48. The third-order valence-corrected chi connectivity index (χ3v) is 3.39. The molecule has 0 radical (unpaired) electrons. The summed E-state index contributed by atoms with van der Waals surface area (Å²) in [6, 6.07) is 8.04. The first kappa shape index (κ1) is 12.4. The van der Waals surface area contributed by atoms with Gasteiger partial charge in [0, 0.05) is 12.2 Å². The molecule has 1 saturated heterocycles. The van der Waals surface area contributed by atoms with E-state index in [1.54, 1.807) is 6.92 Å². The molecular formula is C14H22N2O. The molecule has 1 aromatic carbocycles. The number of hydrogen-bond donors (Lipinski definition) is 3. The van der Waals surface area contributed by atoms with Crippen LogP contribution in [0.5, 0.6) is 0 Å². The van der Waals surface area contributed by atoms with Gasteiger partial charge in [0.25, 0.3) is 0 Å². The van der Waals surface area contributed by atoms with Crippen LogP contribution in [0.25, 0.3) is 0 Å². The van der Waals surface area contributed by atoms with Crippen LogP contribution in [0.3, 0.4) is 0 Å². The van der Waals surface area contributed by atoms with E-state index < -0.39 is 0 Å². The predicted octanol–water partition coefficient (Wildman–Crippen LogP) is 2.15. The Morgan fingerprint density at radius 1 is 1.41 bits per heavy atom. The van der Waals surface area contributed by atoms with Crippen LogP contribution >= 0.6 is 0 Å². The number of anilines is 1. The van der Waals surface area contributed by atoms with E-state index >= 15 is 0 Å². The van der Waals surface area contributed by atoms with Crippen molar-refractivity contribution in [3.63, 3.8) is 0 Å². The fourth-order valence-electron chi connectivity index (χ4n) is 2.24. The Morgan fingerprint density at radius 2 is 2.18 bits per heavy atom. The molecule has 0 aromatic heterocycles. The maximum Gasteiger partial charge on any atom is 0.0761 e. The van der Waals surface area contributed by atoms with Gasteiger partial charge in [-0.1, -0.05) is 12.1 Å². The fourth-order valence-corrected chi connectivity index (χ4v) is 2.24. The summed E-state index contributed by atoms with van der Waals surface area (Å²) in [5.74, 6) is 0.736. The van der Waals surface area contributed by atoms with Gasteiger partial charge in [-0.3, -0.25) is 0 Å². The Morgan fingerprint density at radius 3 is 2.76 bits per heavy atom. The van der Waals surface area contributed by atoms with Crippen molar-refractivity contribution in [2.75, 3.05) is 25.0 Å². The Balaban J connectivity index is 1.82. The SMILES string of the molecule is CC(O)c1ccc(NCC2CCCNC2)cc1. The normalized spacial score (nSPS) is 22.1. The van der Waals surface area contributed by atoms with Crippen molar-refractivity contribution in [1.82, 2.24) is 5.32 Å². The molecule has 0 bridgehead atoms. The second-order valence-corrected chi connectivity index (χ2v) is 4.89. The van der Waals surface area contributed by atoms with Crippen LogP contribution in [0, 0.1) is 5.92 Å². The zero-order valence-corrected chi connectivity index (χ0v) is 10.4. The average molecular weight is 234 g/mol. The van der Waals surface area contributed by atoms with Crippen molar-refractivity contribution >= 4 is 5.69 Å². The number of rotatable bonds is 4. The van der Waals surface area contributed by atoms with E-state index in [1.165, 1.54) is 19.4 Å². The second kappa shape index (κ2) is 6.03. The first-order valence-electron chi connectivity index (χ1n) is 6.48. The van der Waals surface area contributed by atoms with Gasteiger partial charge in [0.05, 0.1) is 6.10 Å². The Kier molecular flexibility index (Phi) is 4.40. The molecule has 1 fully saturated rings. The molecular weight excluding hydrogens is 212 g/mol. The summed E-state index contributed by atoms with van der Waals surface area (Å²) in [5, 5.41) is 16.3. The molecule has 3 heteroatoms. The topological polar surface area (TPSA) is 44.3 Å². The molecule has 2 atom stereocenters. The monoisotopic (exact) mass is 234 g/mol. The zero-order chi connectivity index (χ0) is 12.1. The maximum absolute atomic E-state index is 9.42. The molecule has 3 nitrogen and oxygen atoms in total. The van der Waals surface area contributed by atoms with E-state index in [9.17, 15) is 5.11 Å². The Hall–Kier alpha value is -1.06. The molecule has 3 N–H and O–H groups in total. The van der Waals surface area contributed by atoms with E-state index in [-0.39, 0.29) is 6.10 Å². The van der Waals surface area contributed by atoms with Crippen LogP contribution in [0.2, 0.25) is 0 Å². The molecule has 0 spiro atoms. The summed E-state index contributed by atoms with van der Waals surface area (Å²) in [5.41, 5.74) is 2.11. The molecule has 1 aliphatic heterocycles. The van der Waals surface area contributed by atoms with Crippen LogP contribution < -0.4 is 10.6 Å². The van der Waals surface area contributed by atoms with Gasteiger partial charge in [-0.2, -0.15) is 0 Å². The highest BCUT2D eigenvalue weighted by Crippen LogP contribution is 2.17. The molecule has 1 heterocycles. The molecule has 2 rings (SSSR count). The summed E-state index contributed by atoms with van der Waals surface area (Å²) >= 11 is 0. The summed E-state index contributed by atoms with van der Waals surface area (Å²) in [6.45, 7) is 5.11. The standard InChI is InChI=1S/C14H22N2O/c1-11(17)13-4-6-14(7-5-13)16-10-12-3-2-8-15-9-12/h4-7,11-12,15-17H,2-3,8-10H2,1H3. The van der Waals surface area contributed by atoms with Crippen molar-refractivity contribution in [2.24, 2.45) is 5.92 Å². The minimum Gasteiger partial charge on any atom is -0.389 e. The molecule has 1 aromatic rings. The lowest BCUT2D eigenvalue weighted by Crippen LogP contribution is -2.33. The van der Waals surface area contributed by atoms with Crippen LogP contribution in [-0.4, -0.2) is 24.7 Å². The maximum atomic E-state index is 9.42. The van der Waals surface area contributed by atoms with Crippen molar-refractivity contribution in [3.05, 3.63) is 29.8 Å². The molecule has 0 saturated carbocycles. The summed E-state index contributed by atoms with van der Waals surface area (Å²) in [7, 11) is 0. The lowest BCUT2D eigenvalue weighted by atomic mass is 9.99. The summed E-state index contributed by atoms with van der Waals surface area (Å²) < 4.78 is 0. The summed E-state index contributed by atoms with van der Waals surface area (Å²) in [6.07, 6.45) is 2.21. The van der Waals surface area contributed by atoms with Crippen LogP contribution in [0.4, 0.5) is 5.69 Å². The molecule has 17 heavy (non-hydrogen) atoms. The smallest absolute Gasteiger partial charge is 0.0761 e. The van der Waals surface area contributed by atoms with Crippen LogP contribution in [0.15, 0.2) is 24.3 Å². The van der Waals surface area contributed by atoms with Gasteiger partial charge in [-0.15, -0.1) is 0 Å². The quantitative estimate of drug-likeness (QED) is 0.748. The van der Waals surface area contributed by atoms with Gasteiger partial charge in [-0.05, 0) is 56.5 Å².